The number of hydrogen-bond donors (Lipinski definition) is 0. The number of furan rings is 1. The van der Waals surface area contributed by atoms with Crippen molar-refractivity contribution in [3.05, 3.63) is 47.9 Å². The molecule has 0 aliphatic carbocycles. The van der Waals surface area contributed by atoms with Crippen LogP contribution in [-0.2, 0) is 0 Å². The average Bonchev–Trinajstić information content (AvgIpc) is 3.16. The second-order valence-corrected chi connectivity index (χ2v) is 5.54. The van der Waals surface area contributed by atoms with Gasteiger partial charge in [-0.05, 0) is 55.2 Å². The van der Waals surface area contributed by atoms with Crippen LogP contribution in [0.3, 0.4) is 0 Å². The number of piperidine rings is 1. The predicted octanol–water partition coefficient (Wildman–Crippen LogP) is 3.33. The summed E-state index contributed by atoms with van der Waals surface area (Å²) in [5, 5.41) is 6.56. The first-order valence-corrected chi connectivity index (χ1v) is 7.99. The number of carbonyl (C=O) groups excluding carboxylic acids is 1. The van der Waals surface area contributed by atoms with Crippen LogP contribution < -0.4 is 9.47 Å². The molecule has 1 fully saturated rings. The highest BCUT2D eigenvalue weighted by atomic mass is 16.6. The molecular weight excluding hydrogens is 308 g/mol. The molecule has 0 N–H and O–H groups in total. The molecule has 1 aromatic heterocycles. The van der Waals surface area contributed by atoms with Crippen molar-refractivity contribution in [1.82, 2.24) is 5.01 Å². The van der Waals surface area contributed by atoms with E-state index in [1.807, 2.05) is 6.07 Å². The Labute approximate surface area is 140 Å². The highest BCUT2D eigenvalue weighted by Crippen LogP contribution is 2.28. The van der Waals surface area contributed by atoms with E-state index in [-0.39, 0.29) is 5.76 Å². The average molecular weight is 328 g/mol. The lowest BCUT2D eigenvalue weighted by Crippen LogP contribution is -2.24. The molecule has 126 valence electrons. The van der Waals surface area contributed by atoms with Gasteiger partial charge in [0.05, 0.1) is 19.6 Å². The molecule has 1 aliphatic heterocycles. The third kappa shape index (κ3) is 3.95. The van der Waals surface area contributed by atoms with Crippen LogP contribution in [0.4, 0.5) is 0 Å². The molecule has 3 rings (SSSR count). The van der Waals surface area contributed by atoms with Gasteiger partial charge in [-0.3, -0.25) is 5.01 Å². The maximum absolute atomic E-state index is 12.0. The molecule has 0 unspecified atom stereocenters. The Morgan fingerprint density at radius 2 is 2.04 bits per heavy atom. The second kappa shape index (κ2) is 7.68. The van der Waals surface area contributed by atoms with E-state index in [4.69, 9.17) is 13.9 Å². The molecule has 1 saturated heterocycles. The van der Waals surface area contributed by atoms with Crippen molar-refractivity contribution in [2.75, 3.05) is 20.2 Å². The van der Waals surface area contributed by atoms with Gasteiger partial charge >= 0.3 is 5.97 Å². The van der Waals surface area contributed by atoms with Crippen LogP contribution in [0.15, 0.2) is 46.1 Å². The Bertz CT molecular complexity index is 704. The first-order valence-electron chi connectivity index (χ1n) is 7.99. The summed E-state index contributed by atoms with van der Waals surface area (Å²) < 4.78 is 15.7. The van der Waals surface area contributed by atoms with Crippen LogP contribution in [0.1, 0.15) is 35.4 Å². The fourth-order valence-electron chi connectivity index (χ4n) is 2.53. The second-order valence-electron chi connectivity index (χ2n) is 5.54. The zero-order valence-electron chi connectivity index (χ0n) is 13.6. The maximum Gasteiger partial charge on any atom is 0.379 e. The Balaban J connectivity index is 1.70. The number of nitrogens with zero attached hydrogens (tertiary/aromatic N) is 2. The molecular formula is C18H20N2O4. The predicted molar refractivity (Wildman–Crippen MR) is 89.7 cm³/mol. The zero-order chi connectivity index (χ0) is 16.8. The Morgan fingerprint density at radius 1 is 1.21 bits per heavy atom. The molecule has 6 heteroatoms. The van der Waals surface area contributed by atoms with Gasteiger partial charge in [0.1, 0.15) is 0 Å². The lowest BCUT2D eigenvalue weighted by molar-refractivity contribution is 0.0696. The molecule has 1 aromatic carbocycles. The summed E-state index contributed by atoms with van der Waals surface area (Å²) >= 11 is 0. The summed E-state index contributed by atoms with van der Waals surface area (Å²) in [6, 6.07) is 8.50. The Morgan fingerprint density at radius 3 is 2.75 bits per heavy atom. The van der Waals surface area contributed by atoms with Crippen molar-refractivity contribution >= 4 is 12.2 Å². The van der Waals surface area contributed by atoms with Crippen molar-refractivity contribution in [3.8, 4) is 11.5 Å². The normalized spacial score (nSPS) is 14.8. The van der Waals surface area contributed by atoms with E-state index in [9.17, 15) is 4.79 Å². The number of hydrazone groups is 1. The van der Waals surface area contributed by atoms with E-state index < -0.39 is 5.97 Å². The molecule has 24 heavy (non-hydrogen) atoms. The summed E-state index contributed by atoms with van der Waals surface area (Å²) in [7, 11) is 1.53. The van der Waals surface area contributed by atoms with Crippen LogP contribution in [0.25, 0.3) is 0 Å². The molecule has 0 bridgehead atoms. The van der Waals surface area contributed by atoms with Gasteiger partial charge in [-0.1, -0.05) is 0 Å². The van der Waals surface area contributed by atoms with E-state index in [0.717, 1.165) is 18.7 Å². The van der Waals surface area contributed by atoms with Crippen molar-refractivity contribution in [1.29, 1.82) is 0 Å². The number of rotatable bonds is 5. The van der Waals surface area contributed by atoms with Gasteiger partial charge < -0.3 is 13.9 Å². The Hall–Kier alpha value is -2.76. The largest absolute Gasteiger partial charge is 0.493 e. The number of ether oxygens (including phenoxy) is 2. The summed E-state index contributed by atoms with van der Waals surface area (Å²) in [5.74, 6) is 0.396. The van der Waals surface area contributed by atoms with Crippen LogP contribution in [0.2, 0.25) is 0 Å². The lowest BCUT2D eigenvalue weighted by Gasteiger charge is -2.23. The number of benzene rings is 1. The molecule has 2 aromatic rings. The molecule has 0 spiro atoms. The van der Waals surface area contributed by atoms with Gasteiger partial charge in [-0.25, -0.2) is 4.79 Å². The van der Waals surface area contributed by atoms with E-state index in [1.54, 1.807) is 30.5 Å². The van der Waals surface area contributed by atoms with E-state index in [2.05, 4.69) is 10.1 Å². The fraction of sp³-hybridized carbons (Fsp3) is 0.333. The third-order valence-corrected chi connectivity index (χ3v) is 3.82. The lowest BCUT2D eigenvalue weighted by atomic mass is 10.2. The van der Waals surface area contributed by atoms with Crippen LogP contribution in [0.5, 0.6) is 11.5 Å². The summed E-state index contributed by atoms with van der Waals surface area (Å²) in [6.07, 6.45) is 6.86. The molecule has 0 amide bonds. The van der Waals surface area contributed by atoms with E-state index >= 15 is 0 Å². The number of esters is 1. The van der Waals surface area contributed by atoms with Gasteiger partial charge in [0, 0.05) is 13.1 Å². The number of methoxy groups -OCH3 is 1. The minimum atomic E-state index is -0.562. The van der Waals surface area contributed by atoms with Crippen LogP contribution in [-0.4, -0.2) is 37.4 Å². The minimum absolute atomic E-state index is 0.146. The molecule has 6 nitrogen and oxygen atoms in total. The van der Waals surface area contributed by atoms with E-state index in [1.165, 1.54) is 32.6 Å². The number of carbonyl (C=O) groups is 1. The number of hydrogen-bond acceptors (Lipinski definition) is 6. The molecule has 0 radical (unpaired) electrons. The highest BCUT2D eigenvalue weighted by Gasteiger charge is 2.15. The Kier molecular flexibility index (Phi) is 5.15. The monoisotopic (exact) mass is 328 g/mol. The SMILES string of the molecule is COc1cc(/C=N\N2CCCCC2)ccc1OC(=O)c1ccco1. The van der Waals surface area contributed by atoms with Crippen LogP contribution >= 0.6 is 0 Å². The highest BCUT2D eigenvalue weighted by molar-refractivity contribution is 5.89. The minimum Gasteiger partial charge on any atom is -0.493 e. The zero-order valence-corrected chi connectivity index (χ0v) is 13.6. The fourth-order valence-corrected chi connectivity index (χ4v) is 2.53. The quantitative estimate of drug-likeness (QED) is 0.478. The first kappa shape index (κ1) is 16.1. The first-order chi connectivity index (χ1) is 11.8. The van der Waals surface area contributed by atoms with Gasteiger partial charge in [0.25, 0.3) is 0 Å². The molecule has 1 aliphatic rings. The van der Waals surface area contributed by atoms with Gasteiger partial charge in [-0.15, -0.1) is 0 Å². The molecule has 0 saturated carbocycles. The third-order valence-electron chi connectivity index (χ3n) is 3.82. The summed E-state index contributed by atoms with van der Waals surface area (Å²) in [6.45, 7) is 1.99. The smallest absolute Gasteiger partial charge is 0.379 e. The maximum atomic E-state index is 12.0. The van der Waals surface area contributed by atoms with Crippen molar-refractivity contribution < 1.29 is 18.7 Å². The van der Waals surface area contributed by atoms with Gasteiger partial charge in [0.15, 0.2) is 11.5 Å². The summed E-state index contributed by atoms with van der Waals surface area (Å²) in [4.78, 5) is 12.0. The molecule has 2 heterocycles. The molecule has 0 atom stereocenters. The topological polar surface area (TPSA) is 64.3 Å². The van der Waals surface area contributed by atoms with Crippen molar-refractivity contribution in [2.24, 2.45) is 5.10 Å². The van der Waals surface area contributed by atoms with E-state index in [0.29, 0.717) is 11.5 Å². The van der Waals surface area contributed by atoms with Crippen molar-refractivity contribution in [3.63, 3.8) is 0 Å². The van der Waals surface area contributed by atoms with Crippen molar-refractivity contribution in [2.45, 2.75) is 19.3 Å². The van der Waals surface area contributed by atoms with Gasteiger partial charge in [0.2, 0.25) is 5.76 Å². The van der Waals surface area contributed by atoms with Gasteiger partial charge in [-0.2, -0.15) is 5.10 Å². The summed E-state index contributed by atoms with van der Waals surface area (Å²) in [5.41, 5.74) is 0.884. The standard InChI is InChI=1S/C18H20N2O4/c1-22-17-12-14(13-19-20-9-3-2-4-10-20)7-8-15(17)24-18(21)16-6-5-11-23-16/h5-8,11-13H,2-4,9-10H2,1H3/b19-13-. The van der Waals surface area contributed by atoms with Crippen LogP contribution in [0, 0.1) is 0 Å².